The average Bonchev–Trinajstić information content (AvgIpc) is 3.39. The Morgan fingerprint density at radius 3 is 2.65 bits per heavy atom. The monoisotopic (exact) mass is 439 g/mol. The molecular weight excluding hydrogens is 414 g/mol. The van der Waals surface area contributed by atoms with E-state index in [1.165, 1.54) is 11.3 Å². The van der Waals surface area contributed by atoms with E-state index in [-0.39, 0.29) is 17.9 Å². The quantitative estimate of drug-likeness (QED) is 0.648. The maximum absolute atomic E-state index is 13.1. The number of carbonyl (C=O) groups is 2. The highest BCUT2D eigenvalue weighted by Gasteiger charge is 2.28. The predicted octanol–water partition coefficient (Wildman–Crippen LogP) is 4.06. The maximum Gasteiger partial charge on any atom is 0.265 e. The minimum atomic E-state index is -0.125. The van der Waals surface area contributed by atoms with Crippen LogP contribution in [0.1, 0.15) is 44.3 Å². The van der Waals surface area contributed by atoms with Crippen molar-refractivity contribution >= 4 is 23.2 Å². The van der Waals surface area contributed by atoms with E-state index in [1.807, 2.05) is 30.9 Å². The molecule has 1 aromatic carbocycles. The van der Waals surface area contributed by atoms with E-state index in [9.17, 15) is 9.59 Å². The fourth-order valence-corrected chi connectivity index (χ4v) is 4.65. The average molecular weight is 440 g/mol. The van der Waals surface area contributed by atoms with Crippen molar-refractivity contribution in [2.75, 3.05) is 20.2 Å². The largest absolute Gasteiger partial charge is 0.497 e. The number of nitrogens with zero attached hydrogens (tertiary/aromatic N) is 2. The number of hydrogen-bond acceptors (Lipinski definition) is 6. The van der Waals surface area contributed by atoms with Gasteiger partial charge in [-0.3, -0.25) is 9.59 Å². The highest BCUT2D eigenvalue weighted by Crippen LogP contribution is 2.30. The summed E-state index contributed by atoms with van der Waals surface area (Å²) in [4.78, 5) is 32.6. The molecule has 0 aliphatic carbocycles. The molecule has 8 heteroatoms. The lowest BCUT2D eigenvalue weighted by atomic mass is 10.0. The van der Waals surface area contributed by atoms with Gasteiger partial charge in [-0.1, -0.05) is 6.07 Å². The molecule has 1 saturated heterocycles. The van der Waals surface area contributed by atoms with Gasteiger partial charge in [0.25, 0.3) is 11.8 Å². The summed E-state index contributed by atoms with van der Waals surface area (Å²) in [6.07, 6.45) is 1.42. The van der Waals surface area contributed by atoms with E-state index >= 15 is 0 Å². The van der Waals surface area contributed by atoms with Crippen LogP contribution in [0, 0.1) is 13.8 Å². The number of aromatic nitrogens is 1. The van der Waals surface area contributed by atoms with Gasteiger partial charge in [0.2, 0.25) is 0 Å². The Kier molecular flexibility index (Phi) is 6.08. The first-order valence-electron chi connectivity index (χ1n) is 10.2. The number of piperidine rings is 1. The van der Waals surface area contributed by atoms with E-state index < -0.39 is 0 Å². The Bertz CT molecular complexity index is 1100. The number of likely N-dealkylation sites (tertiary alicyclic amines) is 1. The second kappa shape index (κ2) is 8.93. The zero-order valence-corrected chi connectivity index (χ0v) is 18.6. The molecule has 0 spiro atoms. The highest BCUT2D eigenvalue weighted by molar-refractivity contribution is 7.17. The molecule has 1 aliphatic heterocycles. The van der Waals surface area contributed by atoms with Crippen LogP contribution in [0.15, 0.2) is 40.8 Å². The SMILES string of the molecule is COc1cccc(C(=O)NC2CCN(C(=O)c3sc(-c4ccc(C)o4)nc3C)CC2)c1. The highest BCUT2D eigenvalue weighted by atomic mass is 32.1. The number of furan rings is 1. The van der Waals surface area contributed by atoms with Crippen molar-refractivity contribution < 1.29 is 18.7 Å². The summed E-state index contributed by atoms with van der Waals surface area (Å²) in [6, 6.07) is 10.9. The summed E-state index contributed by atoms with van der Waals surface area (Å²) >= 11 is 1.36. The number of aryl methyl sites for hydroxylation is 2. The number of benzene rings is 1. The molecule has 7 nitrogen and oxygen atoms in total. The number of thiazole rings is 1. The summed E-state index contributed by atoms with van der Waals surface area (Å²) in [6.45, 7) is 4.92. The smallest absolute Gasteiger partial charge is 0.265 e. The van der Waals surface area contributed by atoms with Crippen molar-refractivity contribution in [3.8, 4) is 16.5 Å². The van der Waals surface area contributed by atoms with Gasteiger partial charge in [-0.15, -0.1) is 11.3 Å². The maximum atomic E-state index is 13.1. The molecule has 3 aromatic rings. The molecule has 0 unspecified atom stereocenters. The molecule has 162 valence electrons. The standard InChI is InChI=1S/C23H25N3O4S/c1-14-7-8-19(30-14)22-24-15(2)20(31-22)23(28)26-11-9-17(10-12-26)25-21(27)16-5-4-6-18(13-16)29-3/h4-8,13,17H,9-12H2,1-3H3,(H,25,27). The van der Waals surface area contributed by atoms with Crippen molar-refractivity contribution in [1.29, 1.82) is 0 Å². The first-order chi connectivity index (χ1) is 14.9. The Hall–Kier alpha value is -3.13. The van der Waals surface area contributed by atoms with Crippen LogP contribution >= 0.6 is 11.3 Å². The van der Waals surface area contributed by atoms with Crippen LogP contribution in [0.5, 0.6) is 5.75 Å². The third-order valence-electron chi connectivity index (χ3n) is 5.39. The van der Waals surface area contributed by atoms with E-state index in [0.717, 1.165) is 10.8 Å². The van der Waals surface area contributed by atoms with Gasteiger partial charge in [0, 0.05) is 24.7 Å². The molecular formula is C23H25N3O4S. The van der Waals surface area contributed by atoms with Gasteiger partial charge >= 0.3 is 0 Å². The molecule has 2 amide bonds. The lowest BCUT2D eigenvalue weighted by Crippen LogP contribution is -2.46. The molecule has 0 radical (unpaired) electrons. The van der Waals surface area contributed by atoms with Gasteiger partial charge < -0.3 is 19.4 Å². The number of rotatable bonds is 5. The van der Waals surface area contributed by atoms with Gasteiger partial charge in [0.1, 0.15) is 16.4 Å². The van der Waals surface area contributed by atoms with Crippen molar-refractivity contribution in [3.05, 3.63) is 58.3 Å². The summed E-state index contributed by atoms with van der Waals surface area (Å²) in [5, 5.41) is 3.79. The fourth-order valence-electron chi connectivity index (χ4n) is 3.65. The molecule has 3 heterocycles. The predicted molar refractivity (Wildman–Crippen MR) is 119 cm³/mol. The molecule has 1 aliphatic rings. The van der Waals surface area contributed by atoms with Crippen LogP contribution in [-0.2, 0) is 0 Å². The molecule has 1 N–H and O–H groups in total. The molecule has 2 aromatic heterocycles. The summed E-state index contributed by atoms with van der Waals surface area (Å²) in [5.41, 5.74) is 1.28. The Balaban J connectivity index is 1.36. The van der Waals surface area contributed by atoms with Gasteiger partial charge in [0.15, 0.2) is 10.8 Å². The number of nitrogens with one attached hydrogen (secondary N) is 1. The third-order valence-corrected chi connectivity index (χ3v) is 6.55. The number of ether oxygens (including phenoxy) is 1. The first-order valence-corrected chi connectivity index (χ1v) is 11.0. The molecule has 0 saturated carbocycles. The minimum Gasteiger partial charge on any atom is -0.497 e. The van der Waals surface area contributed by atoms with Crippen LogP contribution in [0.2, 0.25) is 0 Å². The van der Waals surface area contributed by atoms with Gasteiger partial charge in [-0.2, -0.15) is 0 Å². The van der Waals surface area contributed by atoms with Crippen molar-refractivity contribution in [3.63, 3.8) is 0 Å². The molecule has 0 atom stereocenters. The Morgan fingerprint density at radius 1 is 1.19 bits per heavy atom. The van der Waals surface area contributed by atoms with Crippen molar-refractivity contribution in [2.45, 2.75) is 32.7 Å². The normalized spacial score (nSPS) is 14.5. The minimum absolute atomic E-state index is 0.0119. The second-order valence-corrected chi connectivity index (χ2v) is 8.61. The van der Waals surface area contributed by atoms with Crippen molar-refractivity contribution in [1.82, 2.24) is 15.2 Å². The fraction of sp³-hybridized carbons (Fsp3) is 0.348. The van der Waals surface area contributed by atoms with Crippen LogP contribution in [0.4, 0.5) is 0 Å². The molecule has 31 heavy (non-hydrogen) atoms. The lowest BCUT2D eigenvalue weighted by Gasteiger charge is -2.32. The zero-order valence-electron chi connectivity index (χ0n) is 17.8. The third kappa shape index (κ3) is 4.64. The van der Waals surface area contributed by atoms with E-state index in [4.69, 9.17) is 9.15 Å². The van der Waals surface area contributed by atoms with Gasteiger partial charge in [0.05, 0.1) is 12.8 Å². The van der Waals surface area contributed by atoms with Crippen LogP contribution in [-0.4, -0.2) is 47.9 Å². The first kappa shape index (κ1) is 21.1. The molecule has 4 rings (SSSR count). The summed E-state index contributed by atoms with van der Waals surface area (Å²) < 4.78 is 10.8. The van der Waals surface area contributed by atoms with Crippen molar-refractivity contribution in [2.24, 2.45) is 0 Å². The Labute approximate surface area is 185 Å². The number of carbonyl (C=O) groups excluding carboxylic acids is 2. The molecule has 1 fully saturated rings. The van der Waals surface area contributed by atoms with E-state index in [1.54, 1.807) is 31.4 Å². The second-order valence-electron chi connectivity index (χ2n) is 7.62. The topological polar surface area (TPSA) is 84.7 Å². The molecule has 0 bridgehead atoms. The van der Waals surface area contributed by atoms with Gasteiger partial charge in [-0.25, -0.2) is 4.98 Å². The number of hydrogen-bond donors (Lipinski definition) is 1. The Morgan fingerprint density at radius 2 is 1.97 bits per heavy atom. The van der Waals surface area contributed by atoms with Gasteiger partial charge in [-0.05, 0) is 57.0 Å². The zero-order chi connectivity index (χ0) is 22.0. The van der Waals surface area contributed by atoms with Crippen LogP contribution < -0.4 is 10.1 Å². The van der Waals surface area contributed by atoms with Crippen LogP contribution in [0.25, 0.3) is 10.8 Å². The van der Waals surface area contributed by atoms with E-state index in [2.05, 4.69) is 10.3 Å². The lowest BCUT2D eigenvalue weighted by molar-refractivity contribution is 0.0702. The number of amides is 2. The van der Waals surface area contributed by atoms with E-state index in [0.29, 0.717) is 53.6 Å². The summed E-state index contributed by atoms with van der Waals surface area (Å²) in [5.74, 6) is 2.01. The summed E-state index contributed by atoms with van der Waals surface area (Å²) in [7, 11) is 1.58. The van der Waals surface area contributed by atoms with Crippen LogP contribution in [0.3, 0.4) is 0 Å². The number of methoxy groups -OCH3 is 1.